The summed E-state index contributed by atoms with van der Waals surface area (Å²) in [7, 11) is 0. The van der Waals surface area contributed by atoms with Crippen LogP contribution in [0.5, 0.6) is 0 Å². The number of nitrogens with zero attached hydrogens (tertiary/aromatic N) is 4. The van der Waals surface area contributed by atoms with Crippen LogP contribution >= 0.6 is 0 Å². The second-order valence-electron chi connectivity index (χ2n) is 8.17. The van der Waals surface area contributed by atoms with Gasteiger partial charge >= 0.3 is 5.69 Å². The molecule has 0 saturated heterocycles. The number of amides is 1. The number of aromatic nitrogens is 4. The fourth-order valence-corrected chi connectivity index (χ4v) is 3.55. The summed E-state index contributed by atoms with van der Waals surface area (Å²) >= 11 is 0. The highest BCUT2D eigenvalue weighted by Crippen LogP contribution is 2.12. The van der Waals surface area contributed by atoms with Crippen molar-refractivity contribution in [3.8, 4) is 5.69 Å². The maximum absolute atomic E-state index is 13.4. The normalized spacial score (nSPS) is 10.8. The van der Waals surface area contributed by atoms with Crippen molar-refractivity contribution in [2.75, 3.05) is 0 Å². The van der Waals surface area contributed by atoms with E-state index in [1.54, 1.807) is 24.5 Å². The molecule has 1 N–H and O–H groups in total. The van der Waals surface area contributed by atoms with E-state index in [1.807, 2.05) is 63.2 Å². The zero-order valence-electron chi connectivity index (χ0n) is 19.3. The predicted octanol–water partition coefficient (Wildman–Crippen LogP) is 2.69. The van der Waals surface area contributed by atoms with Crippen LogP contribution in [0.3, 0.4) is 0 Å². The number of hydrogen-bond donors (Lipinski definition) is 1. The second kappa shape index (κ2) is 9.66. The van der Waals surface area contributed by atoms with E-state index in [-0.39, 0.29) is 18.8 Å². The van der Waals surface area contributed by atoms with Crippen molar-refractivity contribution in [3.05, 3.63) is 121 Å². The highest BCUT2D eigenvalue weighted by atomic mass is 16.2. The van der Waals surface area contributed by atoms with E-state index >= 15 is 0 Å². The van der Waals surface area contributed by atoms with Gasteiger partial charge in [-0.2, -0.15) is 9.78 Å². The Labute approximate surface area is 196 Å². The number of carbonyl (C=O) groups is 1. The number of benzene rings is 2. The maximum Gasteiger partial charge on any atom is 0.352 e. The third kappa shape index (κ3) is 4.71. The van der Waals surface area contributed by atoms with Crippen LogP contribution in [0, 0.1) is 20.8 Å². The molecule has 4 rings (SSSR count). The van der Waals surface area contributed by atoms with Gasteiger partial charge in [0.05, 0.1) is 12.2 Å². The van der Waals surface area contributed by atoms with Crippen molar-refractivity contribution < 1.29 is 4.79 Å². The van der Waals surface area contributed by atoms with Crippen molar-refractivity contribution in [1.29, 1.82) is 0 Å². The highest BCUT2D eigenvalue weighted by Gasteiger charge is 2.21. The first-order valence-electron chi connectivity index (χ1n) is 10.9. The fraction of sp³-hybridized carbons (Fsp3) is 0.192. The van der Waals surface area contributed by atoms with Crippen LogP contribution in [-0.2, 0) is 13.1 Å². The SMILES string of the molecule is Cc1ccc(-n2nc(C(=O)NCc3cccnc3)c(=O)n(Cc3ccccc3C)c2=O)cc1C. The lowest BCUT2D eigenvalue weighted by molar-refractivity contribution is 0.0941. The summed E-state index contributed by atoms with van der Waals surface area (Å²) in [5, 5.41) is 6.90. The maximum atomic E-state index is 13.4. The highest BCUT2D eigenvalue weighted by molar-refractivity contribution is 5.91. The average molecular weight is 456 g/mol. The summed E-state index contributed by atoms with van der Waals surface area (Å²) in [6.07, 6.45) is 3.26. The monoisotopic (exact) mass is 455 g/mol. The number of nitrogens with one attached hydrogen (secondary N) is 1. The van der Waals surface area contributed by atoms with E-state index in [1.165, 1.54) is 0 Å². The summed E-state index contributed by atoms with van der Waals surface area (Å²) in [5.74, 6) is -0.662. The lowest BCUT2D eigenvalue weighted by Gasteiger charge is -2.14. The Morgan fingerprint density at radius 2 is 1.74 bits per heavy atom. The number of carbonyl (C=O) groups excluding carboxylic acids is 1. The molecule has 0 radical (unpaired) electrons. The first-order valence-corrected chi connectivity index (χ1v) is 10.9. The first kappa shape index (κ1) is 22.8. The quantitative estimate of drug-likeness (QED) is 0.482. The zero-order chi connectivity index (χ0) is 24.2. The molecule has 34 heavy (non-hydrogen) atoms. The fourth-order valence-electron chi connectivity index (χ4n) is 3.55. The molecule has 0 atom stereocenters. The van der Waals surface area contributed by atoms with Gasteiger partial charge in [0.25, 0.3) is 11.5 Å². The molecular formula is C26H25N5O3. The lowest BCUT2D eigenvalue weighted by Crippen LogP contribution is -2.46. The molecule has 172 valence electrons. The molecule has 8 heteroatoms. The molecule has 0 saturated carbocycles. The van der Waals surface area contributed by atoms with Crippen LogP contribution in [0.4, 0.5) is 0 Å². The average Bonchev–Trinajstić information content (AvgIpc) is 2.84. The molecule has 0 aliphatic rings. The summed E-state index contributed by atoms with van der Waals surface area (Å²) < 4.78 is 2.18. The van der Waals surface area contributed by atoms with Gasteiger partial charge in [-0.25, -0.2) is 4.79 Å². The van der Waals surface area contributed by atoms with Gasteiger partial charge in [0.2, 0.25) is 5.69 Å². The smallest absolute Gasteiger partial charge is 0.346 e. The molecular weight excluding hydrogens is 430 g/mol. The van der Waals surface area contributed by atoms with Gasteiger partial charge in [-0.15, -0.1) is 0 Å². The predicted molar refractivity (Wildman–Crippen MR) is 129 cm³/mol. The molecule has 0 spiro atoms. The molecule has 4 aromatic rings. The summed E-state index contributed by atoms with van der Waals surface area (Å²) in [6.45, 7) is 6.00. The van der Waals surface area contributed by atoms with Gasteiger partial charge in [-0.05, 0) is 66.8 Å². The van der Waals surface area contributed by atoms with E-state index in [0.717, 1.165) is 37.1 Å². The molecule has 2 aromatic carbocycles. The molecule has 0 fully saturated rings. The Kier molecular flexibility index (Phi) is 6.49. The van der Waals surface area contributed by atoms with Crippen LogP contribution in [0.25, 0.3) is 5.69 Å². The number of aryl methyl sites for hydroxylation is 3. The number of rotatable bonds is 6. The Hall–Kier alpha value is -4.33. The van der Waals surface area contributed by atoms with Crippen LogP contribution in [0.15, 0.2) is 76.6 Å². The van der Waals surface area contributed by atoms with Gasteiger partial charge in [-0.3, -0.25) is 19.1 Å². The van der Waals surface area contributed by atoms with E-state index in [9.17, 15) is 14.4 Å². The van der Waals surface area contributed by atoms with E-state index in [0.29, 0.717) is 5.69 Å². The van der Waals surface area contributed by atoms with Gasteiger partial charge in [0, 0.05) is 18.9 Å². The van der Waals surface area contributed by atoms with E-state index < -0.39 is 17.2 Å². The van der Waals surface area contributed by atoms with Crippen LogP contribution in [0.1, 0.15) is 38.3 Å². The Balaban J connectivity index is 1.82. The molecule has 0 unspecified atom stereocenters. The van der Waals surface area contributed by atoms with Crippen molar-refractivity contribution in [2.45, 2.75) is 33.9 Å². The van der Waals surface area contributed by atoms with Crippen molar-refractivity contribution in [3.63, 3.8) is 0 Å². The van der Waals surface area contributed by atoms with Gasteiger partial charge in [0.1, 0.15) is 0 Å². The van der Waals surface area contributed by atoms with Crippen LogP contribution in [-0.4, -0.2) is 25.2 Å². The summed E-state index contributed by atoms with van der Waals surface area (Å²) in [5.41, 5.74) is 3.32. The molecule has 0 aliphatic heterocycles. The van der Waals surface area contributed by atoms with E-state index in [4.69, 9.17) is 0 Å². The molecule has 2 aromatic heterocycles. The number of hydrogen-bond acceptors (Lipinski definition) is 5. The van der Waals surface area contributed by atoms with Crippen LogP contribution < -0.4 is 16.6 Å². The summed E-state index contributed by atoms with van der Waals surface area (Å²) in [4.78, 5) is 43.7. The Morgan fingerprint density at radius 1 is 0.941 bits per heavy atom. The van der Waals surface area contributed by atoms with Crippen molar-refractivity contribution >= 4 is 5.91 Å². The minimum absolute atomic E-state index is 0.0284. The molecule has 0 bridgehead atoms. The minimum atomic E-state index is -0.739. The molecule has 1 amide bonds. The zero-order valence-corrected chi connectivity index (χ0v) is 19.3. The lowest BCUT2D eigenvalue weighted by atomic mass is 10.1. The van der Waals surface area contributed by atoms with Gasteiger partial charge in [0.15, 0.2) is 0 Å². The second-order valence-corrected chi connectivity index (χ2v) is 8.17. The summed E-state index contributed by atoms with van der Waals surface area (Å²) in [6, 6.07) is 16.5. The van der Waals surface area contributed by atoms with Crippen molar-refractivity contribution in [1.82, 2.24) is 24.6 Å². The third-order valence-corrected chi connectivity index (χ3v) is 5.78. The standard InChI is InChI=1S/C26H25N5O3/c1-17-10-11-22(13-19(17)3)31-26(34)30(16-21-9-5-4-7-18(21)2)25(33)23(29-31)24(32)28-15-20-8-6-12-27-14-20/h4-14H,15-16H2,1-3H3,(H,28,32). The largest absolute Gasteiger partial charge is 0.352 e. The van der Waals surface area contributed by atoms with Crippen LogP contribution in [0.2, 0.25) is 0 Å². The topological polar surface area (TPSA) is 98.9 Å². The molecule has 2 heterocycles. The van der Waals surface area contributed by atoms with Gasteiger partial charge in [-0.1, -0.05) is 36.4 Å². The van der Waals surface area contributed by atoms with Gasteiger partial charge < -0.3 is 5.32 Å². The molecule has 8 nitrogen and oxygen atoms in total. The van der Waals surface area contributed by atoms with Crippen molar-refractivity contribution in [2.24, 2.45) is 0 Å². The van der Waals surface area contributed by atoms with E-state index in [2.05, 4.69) is 15.4 Å². The minimum Gasteiger partial charge on any atom is -0.346 e. The Bertz CT molecular complexity index is 1470. The first-order chi connectivity index (χ1) is 16.3. The Morgan fingerprint density at radius 3 is 2.44 bits per heavy atom. The third-order valence-electron chi connectivity index (χ3n) is 5.78. The number of pyridine rings is 1. The molecule has 0 aliphatic carbocycles.